The Kier molecular flexibility index (Phi) is 10.8. The van der Waals surface area contributed by atoms with Crippen molar-refractivity contribution in [1.29, 1.82) is 0 Å². The van der Waals surface area contributed by atoms with Gasteiger partial charge in [0, 0.05) is 23.1 Å². The van der Waals surface area contributed by atoms with E-state index in [1.807, 2.05) is 29.6 Å². The number of hydrogen-bond acceptors (Lipinski definition) is 11. The maximum absolute atomic E-state index is 14.6. The lowest BCUT2D eigenvalue weighted by atomic mass is 9.93. The van der Waals surface area contributed by atoms with Crippen LogP contribution in [-0.2, 0) is 29.8 Å². The molecule has 3 heterocycles. The van der Waals surface area contributed by atoms with Crippen molar-refractivity contribution in [3.8, 4) is 5.19 Å². The van der Waals surface area contributed by atoms with Crippen molar-refractivity contribution < 1.29 is 27.5 Å². The van der Waals surface area contributed by atoms with Gasteiger partial charge in [-0.15, -0.1) is 17.9 Å². The maximum Gasteiger partial charge on any atom is 0.274 e. The van der Waals surface area contributed by atoms with Gasteiger partial charge >= 0.3 is 0 Å². The lowest BCUT2D eigenvalue weighted by Crippen LogP contribution is -2.58. The molecule has 0 unspecified atom stereocenters. The number of fused-ring (bicyclic) bond motifs is 1. The molecule has 1 saturated heterocycles. The summed E-state index contributed by atoms with van der Waals surface area (Å²) in [5, 5.41) is 9.35. The quantitative estimate of drug-likeness (QED) is 0.119. The Hall–Kier alpha value is -3.56. The zero-order valence-corrected chi connectivity index (χ0v) is 33.0. The Bertz CT molecular complexity index is 1900. The van der Waals surface area contributed by atoms with E-state index in [1.54, 1.807) is 17.9 Å². The van der Waals surface area contributed by atoms with Crippen LogP contribution in [0.1, 0.15) is 98.1 Å². The van der Waals surface area contributed by atoms with Gasteiger partial charge in [0.2, 0.25) is 21.8 Å². The number of para-hydroxylation sites is 1. The number of hydrogen-bond donors (Lipinski definition) is 3. The molecule has 2 saturated carbocycles. The summed E-state index contributed by atoms with van der Waals surface area (Å²) in [6.07, 6.45) is 6.69. The summed E-state index contributed by atoms with van der Waals surface area (Å²) in [5.41, 5.74) is 0.0661. The highest BCUT2D eigenvalue weighted by Gasteiger charge is 2.63. The molecule has 2 aromatic heterocycles. The van der Waals surface area contributed by atoms with E-state index < -0.39 is 56.2 Å². The third-order valence-electron chi connectivity index (χ3n) is 10.5. The molecule has 3 aromatic rings. The number of likely N-dealkylation sites (tertiary alicyclic amines) is 1. The number of nitrogens with zero attached hydrogens (tertiary/aromatic N) is 3. The lowest BCUT2D eigenvalue weighted by Gasteiger charge is -2.30. The first-order valence-electron chi connectivity index (χ1n) is 18.2. The van der Waals surface area contributed by atoms with Gasteiger partial charge in [-0.3, -0.25) is 19.1 Å². The first-order chi connectivity index (χ1) is 24.6. The molecule has 1 aromatic carbocycles. The van der Waals surface area contributed by atoms with E-state index in [2.05, 4.69) is 54.6 Å². The molecule has 5 atom stereocenters. The van der Waals surface area contributed by atoms with Crippen molar-refractivity contribution in [2.75, 3.05) is 11.9 Å². The van der Waals surface area contributed by atoms with E-state index in [1.165, 1.54) is 22.7 Å². The molecular weight excluding hydrogens is 721 g/mol. The van der Waals surface area contributed by atoms with Gasteiger partial charge in [0.05, 0.1) is 27.2 Å². The third-order valence-corrected chi connectivity index (χ3v) is 14.3. The van der Waals surface area contributed by atoms with Crippen LogP contribution in [-0.4, -0.2) is 76.0 Å². The largest absolute Gasteiger partial charge is 0.465 e. The molecule has 12 nitrogen and oxygen atoms in total. The number of ether oxygens (including phenoxy) is 1. The Labute approximate surface area is 314 Å². The normalized spacial score (nSPS) is 24.2. The van der Waals surface area contributed by atoms with Gasteiger partial charge in [0.15, 0.2) is 5.13 Å². The standard InChI is InChI=1S/C37H50N6O6S3/c1-7-9-10-11-15-26(38-33-40-29(22-50-33)35(3,4)5)31(45)43-21-24(49-34-39-25-14-12-13-16-28(25)51-34)19-27(43)30(44)41-37(20-23(37)8-2)32(46)42-52(47,48)36(6)17-18-36/h8,12-14,16,22-24,26-27H,2,7,9-11,15,17-21H2,1,3-6H3,(H,38,40)(H,41,44)(H,42,46)/t23-,24-,26+,27+,37-/m1/s1. The highest BCUT2D eigenvalue weighted by Crippen LogP contribution is 2.47. The molecular formula is C37H50N6O6S3. The average molecular weight is 771 g/mol. The molecule has 1 aliphatic heterocycles. The zero-order chi connectivity index (χ0) is 37.5. The van der Waals surface area contributed by atoms with Crippen molar-refractivity contribution >= 4 is 65.8 Å². The molecule has 3 N–H and O–H groups in total. The van der Waals surface area contributed by atoms with Crippen molar-refractivity contribution in [3.05, 3.63) is 48.0 Å². The minimum absolute atomic E-state index is 0.127. The van der Waals surface area contributed by atoms with Crippen LogP contribution >= 0.6 is 22.7 Å². The van der Waals surface area contributed by atoms with Crippen LogP contribution in [0.5, 0.6) is 5.19 Å². The fraction of sp³-hybridized carbons (Fsp3) is 0.595. The van der Waals surface area contributed by atoms with Crippen molar-refractivity contribution in [1.82, 2.24) is 24.9 Å². The SMILES string of the molecule is C=C[C@@H]1C[C@]1(NC(=O)[C@@H]1C[C@@H](Oc2nc3ccccc3s2)CN1C(=O)[C@H](CCCCCC)Nc1nc(C(C)(C)C)cs1)C(=O)NS(=O)(=O)C1(C)CC1. The number of aromatic nitrogens is 2. The highest BCUT2D eigenvalue weighted by atomic mass is 32.2. The predicted octanol–water partition coefficient (Wildman–Crippen LogP) is 5.91. The summed E-state index contributed by atoms with van der Waals surface area (Å²) in [6, 6.07) is 6.05. The Morgan fingerprint density at radius 1 is 1.15 bits per heavy atom. The molecule has 282 valence electrons. The van der Waals surface area contributed by atoms with Gasteiger partial charge in [-0.2, -0.15) is 0 Å². The highest BCUT2D eigenvalue weighted by molar-refractivity contribution is 7.91. The lowest BCUT2D eigenvalue weighted by molar-refractivity contribution is -0.140. The topological polar surface area (TPSA) is 160 Å². The number of unbranched alkanes of at least 4 members (excludes halogenated alkanes) is 3. The van der Waals surface area contributed by atoms with E-state index in [-0.39, 0.29) is 30.7 Å². The Balaban J connectivity index is 1.26. The van der Waals surface area contributed by atoms with E-state index in [9.17, 15) is 22.8 Å². The number of sulfonamides is 1. The van der Waals surface area contributed by atoms with E-state index in [4.69, 9.17) is 9.72 Å². The smallest absolute Gasteiger partial charge is 0.274 e. The van der Waals surface area contributed by atoms with Crippen molar-refractivity contribution in [2.45, 2.75) is 126 Å². The van der Waals surface area contributed by atoms with Crippen LogP contribution in [0.15, 0.2) is 42.3 Å². The third kappa shape index (κ3) is 8.01. The Morgan fingerprint density at radius 2 is 1.90 bits per heavy atom. The van der Waals surface area contributed by atoms with Crippen LogP contribution < -0.4 is 20.1 Å². The van der Waals surface area contributed by atoms with Crippen LogP contribution in [0, 0.1) is 5.92 Å². The maximum atomic E-state index is 14.6. The number of carbonyl (C=O) groups excluding carboxylic acids is 3. The minimum Gasteiger partial charge on any atom is -0.465 e. The van der Waals surface area contributed by atoms with Gasteiger partial charge in [-0.25, -0.2) is 18.4 Å². The monoisotopic (exact) mass is 770 g/mol. The molecule has 3 amide bonds. The number of anilines is 1. The fourth-order valence-electron chi connectivity index (χ4n) is 6.60. The molecule has 6 rings (SSSR count). The molecule has 0 bridgehead atoms. The predicted molar refractivity (Wildman–Crippen MR) is 205 cm³/mol. The molecule has 2 aliphatic carbocycles. The van der Waals surface area contributed by atoms with E-state index in [0.717, 1.165) is 41.6 Å². The first kappa shape index (κ1) is 38.2. The molecule has 0 spiro atoms. The van der Waals surface area contributed by atoms with Crippen LogP contribution in [0.25, 0.3) is 10.2 Å². The molecule has 0 radical (unpaired) electrons. The van der Waals surface area contributed by atoms with Gasteiger partial charge in [0.25, 0.3) is 11.1 Å². The molecule has 15 heteroatoms. The van der Waals surface area contributed by atoms with Crippen molar-refractivity contribution in [3.63, 3.8) is 0 Å². The number of thiazole rings is 2. The second-order valence-corrected chi connectivity index (χ2v) is 19.7. The molecule has 3 fully saturated rings. The number of amides is 3. The second kappa shape index (κ2) is 14.7. The van der Waals surface area contributed by atoms with Crippen LogP contribution in [0.4, 0.5) is 5.13 Å². The summed E-state index contributed by atoms with van der Waals surface area (Å²) in [4.78, 5) is 53.5. The second-order valence-electron chi connectivity index (χ2n) is 15.7. The van der Waals surface area contributed by atoms with Crippen LogP contribution in [0.3, 0.4) is 0 Å². The first-order valence-corrected chi connectivity index (χ1v) is 21.3. The number of carbonyl (C=O) groups is 3. The minimum atomic E-state index is -3.94. The van der Waals surface area contributed by atoms with E-state index in [0.29, 0.717) is 29.6 Å². The summed E-state index contributed by atoms with van der Waals surface area (Å²) < 4.78 is 34.6. The summed E-state index contributed by atoms with van der Waals surface area (Å²) in [6.45, 7) is 13.9. The molecule has 52 heavy (non-hydrogen) atoms. The van der Waals surface area contributed by atoms with Gasteiger partial charge in [-0.05, 0) is 44.7 Å². The average Bonchev–Trinajstić information content (AvgIpc) is 3.76. The number of nitrogens with one attached hydrogen (secondary N) is 3. The summed E-state index contributed by atoms with van der Waals surface area (Å²) in [7, 11) is -3.94. The van der Waals surface area contributed by atoms with E-state index >= 15 is 0 Å². The number of rotatable bonds is 16. The van der Waals surface area contributed by atoms with Gasteiger partial charge in [-0.1, -0.05) is 82.9 Å². The number of benzene rings is 1. The van der Waals surface area contributed by atoms with Crippen molar-refractivity contribution in [2.24, 2.45) is 5.92 Å². The van der Waals surface area contributed by atoms with Crippen LogP contribution in [0.2, 0.25) is 0 Å². The van der Waals surface area contributed by atoms with Gasteiger partial charge in [0.1, 0.15) is 23.7 Å². The zero-order valence-electron chi connectivity index (χ0n) is 30.6. The fourth-order valence-corrected chi connectivity index (χ4v) is 9.79. The van der Waals surface area contributed by atoms with Gasteiger partial charge < -0.3 is 20.3 Å². The summed E-state index contributed by atoms with van der Waals surface area (Å²) in [5.74, 6) is -2.06. The summed E-state index contributed by atoms with van der Waals surface area (Å²) >= 11 is 2.84. The molecule has 3 aliphatic rings. The Morgan fingerprint density at radius 3 is 2.54 bits per heavy atom.